The van der Waals surface area contributed by atoms with Crippen LogP contribution in [0, 0.1) is 26.2 Å². The molecular formula is C14H21NOS. The van der Waals surface area contributed by atoms with E-state index in [-0.39, 0.29) is 5.41 Å². The van der Waals surface area contributed by atoms with Gasteiger partial charge in [-0.2, -0.15) is 0 Å². The van der Waals surface area contributed by atoms with Crippen LogP contribution in [0.4, 0.5) is 0 Å². The highest BCUT2D eigenvalue weighted by atomic mass is 32.1. The van der Waals surface area contributed by atoms with E-state index in [2.05, 4.69) is 32.9 Å². The Morgan fingerprint density at radius 1 is 1.18 bits per heavy atom. The van der Waals surface area contributed by atoms with E-state index in [0.29, 0.717) is 11.6 Å². The highest BCUT2D eigenvalue weighted by Crippen LogP contribution is 2.25. The van der Waals surface area contributed by atoms with Gasteiger partial charge in [-0.05, 0) is 43.5 Å². The average molecular weight is 251 g/mol. The molecule has 0 unspecified atom stereocenters. The van der Waals surface area contributed by atoms with Gasteiger partial charge in [0.2, 0.25) is 0 Å². The highest BCUT2D eigenvalue weighted by Gasteiger charge is 2.22. The van der Waals surface area contributed by atoms with Crippen molar-refractivity contribution in [3.05, 3.63) is 28.8 Å². The molecule has 1 rings (SSSR count). The van der Waals surface area contributed by atoms with Gasteiger partial charge >= 0.3 is 0 Å². The maximum Gasteiger partial charge on any atom is 0.122 e. The van der Waals surface area contributed by atoms with Gasteiger partial charge in [-0.25, -0.2) is 0 Å². The summed E-state index contributed by atoms with van der Waals surface area (Å²) in [6.07, 6.45) is 0. The Labute approximate surface area is 109 Å². The number of aryl methyl sites for hydroxylation is 3. The molecule has 94 valence electrons. The predicted octanol–water partition coefficient (Wildman–Crippen LogP) is 3.30. The monoisotopic (exact) mass is 251 g/mol. The molecule has 2 nitrogen and oxygen atoms in total. The van der Waals surface area contributed by atoms with Crippen molar-refractivity contribution in [1.29, 1.82) is 0 Å². The van der Waals surface area contributed by atoms with Crippen LogP contribution in [0.1, 0.15) is 30.5 Å². The van der Waals surface area contributed by atoms with Crippen LogP contribution >= 0.6 is 12.2 Å². The molecule has 0 radical (unpaired) electrons. The molecule has 0 aliphatic rings. The molecule has 2 N–H and O–H groups in total. The third-order valence-corrected chi connectivity index (χ3v) is 3.60. The molecule has 3 heteroatoms. The number of rotatable bonds is 4. The van der Waals surface area contributed by atoms with Crippen molar-refractivity contribution in [3.8, 4) is 5.75 Å². The zero-order chi connectivity index (χ0) is 13.2. The molecule has 0 aliphatic heterocycles. The lowest BCUT2D eigenvalue weighted by atomic mass is 9.95. The molecule has 1 aromatic carbocycles. The standard InChI is InChI=1S/C14H21NOS/c1-9-6-11(3)12(7-10(9)2)16-8-14(4,5)13(15)17/h6-7H,8H2,1-5H3,(H2,15,17). The summed E-state index contributed by atoms with van der Waals surface area (Å²) in [5.74, 6) is 0.914. The van der Waals surface area contributed by atoms with E-state index < -0.39 is 0 Å². The second-order valence-corrected chi connectivity index (χ2v) is 5.68. The lowest BCUT2D eigenvalue weighted by Gasteiger charge is -2.24. The Kier molecular flexibility index (Phi) is 4.15. The van der Waals surface area contributed by atoms with Gasteiger partial charge in [-0.1, -0.05) is 32.1 Å². The summed E-state index contributed by atoms with van der Waals surface area (Å²) >= 11 is 5.02. The molecule has 17 heavy (non-hydrogen) atoms. The van der Waals surface area contributed by atoms with Gasteiger partial charge in [-0.3, -0.25) is 0 Å². The number of nitrogens with two attached hydrogens (primary N) is 1. The quantitative estimate of drug-likeness (QED) is 0.834. The number of hydrogen-bond donors (Lipinski definition) is 1. The third kappa shape index (κ3) is 3.43. The van der Waals surface area contributed by atoms with E-state index in [1.165, 1.54) is 11.1 Å². The zero-order valence-corrected chi connectivity index (χ0v) is 12.1. The Morgan fingerprint density at radius 3 is 2.24 bits per heavy atom. The Morgan fingerprint density at radius 2 is 1.71 bits per heavy atom. The van der Waals surface area contributed by atoms with Gasteiger partial charge < -0.3 is 10.5 Å². The smallest absolute Gasteiger partial charge is 0.122 e. The fraction of sp³-hybridized carbons (Fsp3) is 0.500. The normalized spacial score (nSPS) is 11.4. The van der Waals surface area contributed by atoms with Crippen LogP contribution in [-0.2, 0) is 0 Å². The largest absolute Gasteiger partial charge is 0.492 e. The Bertz CT molecular complexity index is 438. The summed E-state index contributed by atoms with van der Waals surface area (Å²) in [6, 6.07) is 4.21. The number of hydrogen-bond acceptors (Lipinski definition) is 2. The minimum Gasteiger partial charge on any atom is -0.492 e. The molecule has 0 aromatic heterocycles. The summed E-state index contributed by atoms with van der Waals surface area (Å²) < 4.78 is 5.83. The van der Waals surface area contributed by atoms with E-state index in [9.17, 15) is 0 Å². The molecule has 1 aromatic rings. The van der Waals surface area contributed by atoms with Crippen LogP contribution in [0.5, 0.6) is 5.75 Å². The summed E-state index contributed by atoms with van der Waals surface area (Å²) in [6.45, 7) is 10.7. The van der Waals surface area contributed by atoms with Gasteiger partial charge in [0.25, 0.3) is 0 Å². The van der Waals surface area contributed by atoms with Crippen molar-refractivity contribution in [2.24, 2.45) is 11.1 Å². The molecule has 0 saturated carbocycles. The third-order valence-electron chi connectivity index (χ3n) is 3.05. The highest BCUT2D eigenvalue weighted by molar-refractivity contribution is 7.80. The van der Waals surface area contributed by atoms with E-state index in [0.717, 1.165) is 11.3 Å². The molecule has 0 amide bonds. The minimum absolute atomic E-state index is 0.277. The van der Waals surface area contributed by atoms with Crippen LogP contribution in [0.15, 0.2) is 12.1 Å². The van der Waals surface area contributed by atoms with E-state index >= 15 is 0 Å². The molecular weight excluding hydrogens is 230 g/mol. The summed E-state index contributed by atoms with van der Waals surface area (Å²) in [5.41, 5.74) is 9.06. The van der Waals surface area contributed by atoms with Crippen molar-refractivity contribution >= 4 is 17.2 Å². The lowest BCUT2D eigenvalue weighted by molar-refractivity contribution is 0.235. The molecule has 0 heterocycles. The van der Waals surface area contributed by atoms with Crippen molar-refractivity contribution in [3.63, 3.8) is 0 Å². The average Bonchev–Trinajstić information content (AvgIpc) is 2.21. The zero-order valence-electron chi connectivity index (χ0n) is 11.3. The van der Waals surface area contributed by atoms with Crippen molar-refractivity contribution < 1.29 is 4.74 Å². The Balaban J connectivity index is 2.83. The van der Waals surface area contributed by atoms with Crippen molar-refractivity contribution in [2.75, 3.05) is 6.61 Å². The molecule has 0 aliphatic carbocycles. The fourth-order valence-electron chi connectivity index (χ4n) is 1.42. The van der Waals surface area contributed by atoms with E-state index in [1.54, 1.807) is 0 Å². The van der Waals surface area contributed by atoms with Gasteiger partial charge in [-0.15, -0.1) is 0 Å². The lowest BCUT2D eigenvalue weighted by Crippen LogP contribution is -2.35. The van der Waals surface area contributed by atoms with Crippen molar-refractivity contribution in [2.45, 2.75) is 34.6 Å². The first kappa shape index (κ1) is 14.0. The summed E-state index contributed by atoms with van der Waals surface area (Å²) in [7, 11) is 0. The second kappa shape index (κ2) is 5.05. The molecule has 0 fully saturated rings. The number of benzene rings is 1. The topological polar surface area (TPSA) is 35.2 Å². The molecule has 0 atom stereocenters. The van der Waals surface area contributed by atoms with Crippen LogP contribution in [0.25, 0.3) is 0 Å². The predicted molar refractivity (Wildman–Crippen MR) is 76.7 cm³/mol. The van der Waals surface area contributed by atoms with Crippen LogP contribution in [-0.4, -0.2) is 11.6 Å². The molecule has 0 spiro atoms. The summed E-state index contributed by atoms with van der Waals surface area (Å²) in [4.78, 5) is 0.485. The van der Waals surface area contributed by atoms with E-state index in [4.69, 9.17) is 22.7 Å². The SMILES string of the molecule is Cc1cc(C)c(OCC(C)(C)C(N)=S)cc1C. The van der Waals surface area contributed by atoms with Crippen molar-refractivity contribution in [1.82, 2.24) is 0 Å². The molecule has 0 saturated heterocycles. The Hall–Kier alpha value is -1.09. The maximum absolute atomic E-state index is 5.83. The van der Waals surface area contributed by atoms with Gasteiger partial charge in [0, 0.05) is 5.41 Å². The number of ether oxygens (including phenoxy) is 1. The minimum atomic E-state index is -0.277. The van der Waals surface area contributed by atoms with Crippen LogP contribution < -0.4 is 10.5 Å². The maximum atomic E-state index is 5.83. The number of thiocarbonyl (C=S) groups is 1. The van der Waals surface area contributed by atoms with Gasteiger partial charge in [0.1, 0.15) is 5.75 Å². The second-order valence-electron chi connectivity index (χ2n) is 5.24. The first-order chi connectivity index (χ1) is 7.74. The van der Waals surface area contributed by atoms with E-state index in [1.807, 2.05) is 13.8 Å². The summed E-state index contributed by atoms with van der Waals surface area (Å²) in [5, 5.41) is 0. The van der Waals surface area contributed by atoms with Gasteiger partial charge in [0.05, 0.1) is 11.6 Å². The molecule has 0 bridgehead atoms. The van der Waals surface area contributed by atoms with Gasteiger partial charge in [0.15, 0.2) is 0 Å². The fourth-order valence-corrected chi connectivity index (χ4v) is 1.48. The first-order valence-electron chi connectivity index (χ1n) is 5.74. The van der Waals surface area contributed by atoms with Crippen LogP contribution in [0.3, 0.4) is 0 Å². The van der Waals surface area contributed by atoms with Crippen LogP contribution in [0.2, 0.25) is 0 Å². The first-order valence-corrected chi connectivity index (χ1v) is 6.15.